The highest BCUT2D eigenvalue weighted by molar-refractivity contribution is 5.75. The van der Waals surface area contributed by atoms with Crippen molar-refractivity contribution in [3.8, 4) is 0 Å². The monoisotopic (exact) mass is 303 g/mol. The summed E-state index contributed by atoms with van der Waals surface area (Å²) in [5.74, 6) is -1.17. The average Bonchev–Trinajstić information content (AvgIpc) is 2.33. The van der Waals surface area contributed by atoms with Crippen molar-refractivity contribution >= 4 is 17.9 Å². The molecule has 0 saturated heterocycles. The molecule has 0 aromatic heterocycles. The molecule has 0 aliphatic rings. The largest absolute Gasteiger partial charge is 0.481 e. The molecular formula is C13H25N3O5. The van der Waals surface area contributed by atoms with Gasteiger partial charge in [0.15, 0.2) is 0 Å². The van der Waals surface area contributed by atoms with Crippen molar-refractivity contribution in [2.75, 3.05) is 26.3 Å². The number of aliphatic carboxylic acids is 1. The van der Waals surface area contributed by atoms with Gasteiger partial charge in [0.1, 0.15) is 6.61 Å². The first kappa shape index (κ1) is 19.2. The molecule has 0 aliphatic heterocycles. The number of nitrogens with one attached hydrogen (secondary N) is 2. The molecule has 0 radical (unpaired) electrons. The smallest absolute Gasteiger partial charge is 0.314 e. The van der Waals surface area contributed by atoms with E-state index in [0.717, 1.165) is 6.42 Å². The number of carbonyl (C=O) groups excluding carboxylic acids is 2. The molecule has 1 atom stereocenters. The Hall–Kier alpha value is -1.83. The molecule has 0 aromatic rings. The minimum atomic E-state index is -0.872. The number of primary amides is 1. The van der Waals surface area contributed by atoms with Crippen molar-refractivity contribution in [2.45, 2.75) is 26.7 Å². The summed E-state index contributed by atoms with van der Waals surface area (Å²) in [7, 11) is 0. The number of carboxylic acid groups (broad SMARTS) is 1. The SMILES string of the molecule is CC(C)C[C@H](CNC(=O)NCCOCC(N)=O)CC(=O)O. The van der Waals surface area contributed by atoms with E-state index in [1.165, 1.54) is 0 Å². The lowest BCUT2D eigenvalue weighted by Gasteiger charge is -2.18. The van der Waals surface area contributed by atoms with Crippen LogP contribution in [0.3, 0.4) is 0 Å². The van der Waals surface area contributed by atoms with Crippen molar-refractivity contribution in [1.29, 1.82) is 0 Å². The fourth-order valence-corrected chi connectivity index (χ4v) is 1.86. The maximum atomic E-state index is 11.5. The van der Waals surface area contributed by atoms with Gasteiger partial charge < -0.3 is 26.2 Å². The second kappa shape index (κ2) is 10.9. The van der Waals surface area contributed by atoms with Crippen LogP contribution in [0.15, 0.2) is 0 Å². The zero-order valence-corrected chi connectivity index (χ0v) is 12.6. The predicted octanol–water partition coefficient (Wildman–Crippen LogP) is -0.0755. The second-order valence-electron chi connectivity index (χ2n) is 5.25. The maximum Gasteiger partial charge on any atom is 0.314 e. The first-order valence-electron chi connectivity index (χ1n) is 6.90. The molecule has 0 aromatic carbocycles. The van der Waals surface area contributed by atoms with E-state index < -0.39 is 17.9 Å². The van der Waals surface area contributed by atoms with E-state index >= 15 is 0 Å². The zero-order valence-electron chi connectivity index (χ0n) is 12.6. The van der Waals surface area contributed by atoms with Gasteiger partial charge in [0, 0.05) is 19.5 Å². The van der Waals surface area contributed by atoms with Gasteiger partial charge in [-0.3, -0.25) is 9.59 Å². The fourth-order valence-electron chi connectivity index (χ4n) is 1.86. The van der Waals surface area contributed by atoms with E-state index in [0.29, 0.717) is 12.5 Å². The van der Waals surface area contributed by atoms with Crippen molar-refractivity contribution < 1.29 is 24.2 Å². The van der Waals surface area contributed by atoms with Crippen LogP contribution in [-0.2, 0) is 14.3 Å². The van der Waals surface area contributed by atoms with Gasteiger partial charge in [-0.15, -0.1) is 0 Å². The summed E-state index contributed by atoms with van der Waals surface area (Å²) >= 11 is 0. The van der Waals surface area contributed by atoms with Crippen LogP contribution < -0.4 is 16.4 Å². The molecule has 8 nitrogen and oxygen atoms in total. The van der Waals surface area contributed by atoms with Crippen LogP contribution in [0.2, 0.25) is 0 Å². The molecule has 5 N–H and O–H groups in total. The van der Waals surface area contributed by atoms with E-state index in [1.54, 1.807) is 0 Å². The quantitative estimate of drug-likeness (QED) is 0.397. The Morgan fingerprint density at radius 3 is 2.43 bits per heavy atom. The van der Waals surface area contributed by atoms with Gasteiger partial charge in [-0.1, -0.05) is 13.8 Å². The number of ether oxygens (including phenoxy) is 1. The molecule has 0 rings (SSSR count). The van der Waals surface area contributed by atoms with Gasteiger partial charge >= 0.3 is 12.0 Å². The second-order valence-corrected chi connectivity index (χ2v) is 5.25. The Morgan fingerprint density at radius 2 is 1.90 bits per heavy atom. The van der Waals surface area contributed by atoms with Crippen LogP contribution in [0.5, 0.6) is 0 Å². The molecule has 0 bridgehead atoms. The molecule has 3 amide bonds. The van der Waals surface area contributed by atoms with Crippen LogP contribution in [0.4, 0.5) is 4.79 Å². The third kappa shape index (κ3) is 12.9. The highest BCUT2D eigenvalue weighted by Crippen LogP contribution is 2.14. The highest BCUT2D eigenvalue weighted by atomic mass is 16.5. The number of carboxylic acids is 1. The normalized spacial score (nSPS) is 12.0. The Labute approximate surface area is 124 Å². The van der Waals surface area contributed by atoms with Crippen LogP contribution >= 0.6 is 0 Å². The van der Waals surface area contributed by atoms with Crippen LogP contribution in [0.25, 0.3) is 0 Å². The summed E-state index contributed by atoms with van der Waals surface area (Å²) < 4.78 is 4.88. The van der Waals surface area contributed by atoms with Crippen LogP contribution in [-0.4, -0.2) is 49.3 Å². The lowest BCUT2D eigenvalue weighted by molar-refractivity contribution is -0.138. The van der Waals surface area contributed by atoms with E-state index in [9.17, 15) is 14.4 Å². The topological polar surface area (TPSA) is 131 Å². The van der Waals surface area contributed by atoms with Gasteiger partial charge in [-0.25, -0.2) is 4.79 Å². The number of hydrogen-bond donors (Lipinski definition) is 4. The molecule has 0 saturated carbocycles. The number of carbonyl (C=O) groups is 3. The molecular weight excluding hydrogens is 278 g/mol. The standard InChI is InChI=1S/C13H25N3O5/c1-9(2)5-10(6-12(18)19)7-16-13(20)15-3-4-21-8-11(14)17/h9-10H,3-8H2,1-2H3,(H2,14,17)(H,18,19)(H2,15,16,20)/t10-/m0/s1. The van der Waals surface area contributed by atoms with Crippen molar-refractivity contribution in [3.63, 3.8) is 0 Å². The summed E-state index contributed by atoms with van der Waals surface area (Å²) in [5.41, 5.74) is 4.88. The summed E-state index contributed by atoms with van der Waals surface area (Å²) in [5, 5.41) is 14.0. The summed E-state index contributed by atoms with van der Waals surface area (Å²) in [6, 6.07) is -0.392. The third-order valence-corrected chi connectivity index (χ3v) is 2.60. The summed E-state index contributed by atoms with van der Waals surface area (Å²) in [6.07, 6.45) is 0.758. The van der Waals surface area contributed by atoms with Crippen LogP contribution in [0, 0.1) is 11.8 Å². The average molecular weight is 303 g/mol. The van der Waals surface area contributed by atoms with Gasteiger partial charge in [0.2, 0.25) is 5.91 Å². The molecule has 0 heterocycles. The van der Waals surface area contributed by atoms with Crippen molar-refractivity contribution in [2.24, 2.45) is 17.6 Å². The van der Waals surface area contributed by atoms with E-state index in [2.05, 4.69) is 10.6 Å². The van der Waals surface area contributed by atoms with Crippen molar-refractivity contribution in [3.05, 3.63) is 0 Å². The Bertz CT molecular complexity index is 347. The predicted molar refractivity (Wildman–Crippen MR) is 76.6 cm³/mol. The molecule has 8 heteroatoms. The molecule has 21 heavy (non-hydrogen) atoms. The third-order valence-electron chi connectivity index (χ3n) is 2.60. The van der Waals surface area contributed by atoms with Gasteiger partial charge in [-0.2, -0.15) is 0 Å². The number of urea groups is 1. The first-order chi connectivity index (χ1) is 9.81. The molecule has 122 valence electrons. The lowest BCUT2D eigenvalue weighted by atomic mass is 9.94. The van der Waals surface area contributed by atoms with E-state index in [-0.39, 0.29) is 32.1 Å². The minimum absolute atomic E-state index is 0.0280. The Kier molecular flexibility index (Phi) is 9.95. The van der Waals surface area contributed by atoms with E-state index in [4.69, 9.17) is 15.6 Å². The minimum Gasteiger partial charge on any atom is -0.481 e. The maximum absolute atomic E-state index is 11.5. The molecule has 0 unspecified atom stereocenters. The highest BCUT2D eigenvalue weighted by Gasteiger charge is 2.15. The van der Waals surface area contributed by atoms with E-state index in [1.807, 2.05) is 13.8 Å². The number of rotatable bonds is 11. The fraction of sp³-hybridized carbons (Fsp3) is 0.769. The van der Waals surface area contributed by atoms with Gasteiger partial charge in [0.25, 0.3) is 0 Å². The van der Waals surface area contributed by atoms with Gasteiger partial charge in [-0.05, 0) is 18.3 Å². The zero-order chi connectivity index (χ0) is 16.3. The van der Waals surface area contributed by atoms with Gasteiger partial charge in [0.05, 0.1) is 6.61 Å². The first-order valence-corrected chi connectivity index (χ1v) is 6.90. The summed E-state index contributed by atoms with van der Waals surface area (Å²) in [4.78, 5) is 32.7. The molecule has 0 fully saturated rings. The Morgan fingerprint density at radius 1 is 1.24 bits per heavy atom. The number of amides is 3. The van der Waals surface area contributed by atoms with Crippen LogP contribution in [0.1, 0.15) is 26.7 Å². The number of hydrogen-bond acceptors (Lipinski definition) is 4. The summed E-state index contributed by atoms with van der Waals surface area (Å²) in [6.45, 7) is 4.56. The molecule has 0 spiro atoms. The van der Waals surface area contributed by atoms with Crippen molar-refractivity contribution in [1.82, 2.24) is 10.6 Å². The number of nitrogens with two attached hydrogens (primary N) is 1. The molecule has 0 aliphatic carbocycles. The Balaban J connectivity index is 3.85. The lowest BCUT2D eigenvalue weighted by Crippen LogP contribution is -2.40.